The van der Waals surface area contributed by atoms with E-state index in [0.717, 1.165) is 51.4 Å². The highest BCUT2D eigenvalue weighted by Gasteiger charge is 2.55. The molecule has 3 fully saturated rings. The zero-order valence-electron chi connectivity index (χ0n) is 17.5. The van der Waals surface area contributed by atoms with Gasteiger partial charge in [-0.2, -0.15) is 12.6 Å². The molecule has 3 aliphatic carbocycles. The average Bonchev–Trinajstić information content (AvgIpc) is 2.64. The molecule has 0 aliphatic heterocycles. The van der Waals surface area contributed by atoms with E-state index in [4.69, 9.17) is 20.5 Å². The lowest BCUT2D eigenvalue weighted by Gasteiger charge is -2.52. The molecule has 5 heteroatoms. The third kappa shape index (κ3) is 4.41. The van der Waals surface area contributed by atoms with Gasteiger partial charge in [-0.05, 0) is 74.5 Å². The minimum Gasteiger partial charge on any atom is -0.396 e. The smallest absolute Gasteiger partial charge is 0.0746 e. The summed E-state index contributed by atoms with van der Waals surface area (Å²) in [4.78, 5) is 0. The summed E-state index contributed by atoms with van der Waals surface area (Å²) >= 11 is 5.00. The van der Waals surface area contributed by atoms with E-state index in [-0.39, 0.29) is 39.8 Å². The van der Waals surface area contributed by atoms with Gasteiger partial charge >= 0.3 is 0 Å². The molecule has 0 amide bonds. The molecule has 3 nitrogen and oxygen atoms in total. The third-order valence-electron chi connectivity index (χ3n) is 8.42. The van der Waals surface area contributed by atoms with Crippen LogP contribution in [0.15, 0.2) is 0 Å². The number of fused-ring (bicyclic) bond motifs is 1. The van der Waals surface area contributed by atoms with Gasteiger partial charge in [0, 0.05) is 11.4 Å². The van der Waals surface area contributed by atoms with Crippen molar-refractivity contribution in [3.63, 3.8) is 0 Å². The van der Waals surface area contributed by atoms with Gasteiger partial charge in [0.25, 0.3) is 0 Å². The van der Waals surface area contributed by atoms with E-state index >= 15 is 0 Å². The monoisotopic (exact) mass is 394 g/mol. The molecule has 0 heterocycles. The Bertz CT molecular complexity index is 540. The summed E-state index contributed by atoms with van der Waals surface area (Å²) in [5.41, 5.74) is -1.09. The van der Waals surface area contributed by atoms with Crippen LogP contribution in [-0.2, 0) is 0 Å². The van der Waals surface area contributed by atoms with Crippen LogP contribution in [0.4, 0.5) is 0 Å². The Morgan fingerprint density at radius 1 is 1.00 bits per heavy atom. The van der Waals surface area contributed by atoms with Crippen LogP contribution >= 0.6 is 12.6 Å². The van der Waals surface area contributed by atoms with Crippen LogP contribution in [0.2, 0.25) is 5.31 Å². The quantitative estimate of drug-likeness (QED) is 0.403. The molecule has 3 saturated carbocycles. The van der Waals surface area contributed by atoms with Crippen molar-refractivity contribution in [3.8, 4) is 0 Å². The van der Waals surface area contributed by atoms with Crippen molar-refractivity contribution in [1.82, 2.24) is 0 Å². The van der Waals surface area contributed by atoms with E-state index in [0.29, 0.717) is 12.8 Å². The van der Waals surface area contributed by atoms with Crippen LogP contribution in [0.25, 0.3) is 0 Å². The molecule has 0 aromatic heterocycles. The van der Waals surface area contributed by atoms with Crippen molar-refractivity contribution in [1.29, 1.82) is 0 Å². The zero-order valence-corrected chi connectivity index (χ0v) is 18.3. The minimum absolute atomic E-state index is 0.0373. The van der Waals surface area contributed by atoms with Gasteiger partial charge in [-0.3, -0.25) is 0 Å². The largest absolute Gasteiger partial charge is 0.396 e. The van der Waals surface area contributed by atoms with Crippen molar-refractivity contribution in [2.75, 3.05) is 6.61 Å². The van der Waals surface area contributed by atoms with Gasteiger partial charge < -0.3 is 15.3 Å². The third-order valence-corrected chi connectivity index (χ3v) is 8.82. The first-order valence-corrected chi connectivity index (χ1v) is 11.4. The van der Waals surface area contributed by atoms with E-state index in [9.17, 15) is 15.3 Å². The predicted molar refractivity (Wildman–Crippen MR) is 114 cm³/mol. The lowest BCUT2D eigenvalue weighted by molar-refractivity contribution is -0.0730. The van der Waals surface area contributed by atoms with Crippen LogP contribution in [-0.4, -0.2) is 46.2 Å². The first-order valence-electron chi connectivity index (χ1n) is 10.9. The predicted octanol–water partition coefficient (Wildman–Crippen LogP) is 3.90. The Hall–Kier alpha value is 0.295. The van der Waals surface area contributed by atoms with Crippen molar-refractivity contribution in [3.05, 3.63) is 0 Å². The standard InChI is InChI=1S/C22H39BO3S/c1-19(14-24)10-11-22(26)9-5-8-21(3,23)16-13-20(2,27)7-4-6-17(25)18(19)15(16)12-22/h15-18,24-27H,4-14H2,1-3H3/t15?,16?,17?,18?,19?,20-,21?,22?/m1/s1. The molecule has 2 bridgehead atoms. The Balaban J connectivity index is 2.15. The van der Waals surface area contributed by atoms with Crippen LogP contribution < -0.4 is 0 Å². The van der Waals surface area contributed by atoms with Crippen LogP contribution in [0, 0.1) is 23.2 Å². The molecule has 3 N–H and O–H groups in total. The van der Waals surface area contributed by atoms with Crippen LogP contribution in [0.3, 0.4) is 0 Å². The summed E-state index contributed by atoms with van der Waals surface area (Å²) in [5.74, 6) is 0.239. The maximum Gasteiger partial charge on any atom is 0.0746 e. The van der Waals surface area contributed by atoms with Gasteiger partial charge in [-0.15, -0.1) is 0 Å². The maximum absolute atomic E-state index is 11.5. The zero-order chi connectivity index (χ0) is 20.1. The number of thiol groups is 1. The van der Waals surface area contributed by atoms with Crippen molar-refractivity contribution < 1.29 is 15.3 Å². The molecule has 3 rings (SSSR count). The van der Waals surface area contributed by atoms with Crippen molar-refractivity contribution >= 4 is 20.5 Å². The summed E-state index contributed by atoms with van der Waals surface area (Å²) in [7, 11) is 6.94. The fourth-order valence-corrected chi connectivity index (χ4v) is 7.08. The van der Waals surface area contributed by atoms with Crippen molar-refractivity contribution in [2.45, 2.75) is 107 Å². The van der Waals surface area contributed by atoms with E-state index in [1.165, 1.54) is 0 Å². The SMILES string of the molecule is [B]C1(C)CCCC2(O)CCC(C)(CO)C3C(O)CCC[C@@](C)(S)CC1C3C2. The van der Waals surface area contributed by atoms with E-state index in [1.807, 2.05) is 0 Å². The molecule has 27 heavy (non-hydrogen) atoms. The normalized spacial score (nSPS) is 54.6. The fourth-order valence-electron chi connectivity index (χ4n) is 6.73. The highest BCUT2D eigenvalue weighted by molar-refractivity contribution is 7.81. The molecule has 0 saturated heterocycles. The number of hydrogen-bond acceptors (Lipinski definition) is 4. The molecule has 7 unspecified atom stereocenters. The fraction of sp³-hybridized carbons (Fsp3) is 1.00. The average molecular weight is 394 g/mol. The molecule has 0 aromatic carbocycles. The maximum atomic E-state index is 11.5. The molecular formula is C22H39BO3S. The molecule has 154 valence electrons. The van der Waals surface area contributed by atoms with E-state index in [2.05, 4.69) is 20.8 Å². The molecular weight excluding hydrogens is 355 g/mol. The van der Waals surface area contributed by atoms with Crippen LogP contribution in [0.5, 0.6) is 0 Å². The Morgan fingerprint density at radius 3 is 2.37 bits per heavy atom. The first-order chi connectivity index (χ1) is 12.4. The van der Waals surface area contributed by atoms with Gasteiger partial charge in [-0.1, -0.05) is 38.9 Å². The molecule has 8 atom stereocenters. The highest BCUT2D eigenvalue weighted by atomic mass is 32.1. The van der Waals surface area contributed by atoms with Gasteiger partial charge in [0.15, 0.2) is 0 Å². The number of hydrogen-bond donors (Lipinski definition) is 4. The molecule has 0 spiro atoms. The summed E-state index contributed by atoms with van der Waals surface area (Å²) in [6.45, 7) is 6.52. The molecule has 3 aliphatic rings. The second-order valence-corrected chi connectivity index (χ2v) is 12.1. The van der Waals surface area contributed by atoms with Gasteiger partial charge in [-0.25, -0.2) is 0 Å². The Kier molecular flexibility index (Phi) is 6.13. The molecule has 0 aromatic rings. The summed E-state index contributed by atoms with van der Waals surface area (Å²) in [6.07, 6.45) is 7.79. The lowest BCUT2D eigenvalue weighted by Crippen LogP contribution is -2.48. The van der Waals surface area contributed by atoms with E-state index < -0.39 is 11.7 Å². The van der Waals surface area contributed by atoms with Gasteiger partial charge in [0.05, 0.1) is 19.6 Å². The van der Waals surface area contributed by atoms with Gasteiger partial charge in [0.2, 0.25) is 0 Å². The second-order valence-electron chi connectivity index (χ2n) is 11.1. The lowest BCUT2D eigenvalue weighted by atomic mass is 9.49. The number of aliphatic hydroxyl groups excluding tert-OH is 2. The topological polar surface area (TPSA) is 60.7 Å². The first kappa shape index (κ1) is 22.0. The minimum atomic E-state index is -0.703. The number of rotatable bonds is 1. The number of aliphatic hydroxyl groups is 3. The summed E-state index contributed by atoms with van der Waals surface area (Å²) in [5, 5.41) is 32.8. The Morgan fingerprint density at radius 2 is 1.70 bits per heavy atom. The highest BCUT2D eigenvalue weighted by Crippen LogP contribution is 2.60. The van der Waals surface area contributed by atoms with Crippen molar-refractivity contribution in [2.24, 2.45) is 23.2 Å². The summed E-state index contributed by atoms with van der Waals surface area (Å²) < 4.78 is -0.126. The molecule has 2 radical (unpaired) electrons. The summed E-state index contributed by atoms with van der Waals surface area (Å²) in [6, 6.07) is 0. The van der Waals surface area contributed by atoms with Gasteiger partial charge in [0.1, 0.15) is 0 Å². The second kappa shape index (κ2) is 7.52. The van der Waals surface area contributed by atoms with E-state index in [1.54, 1.807) is 0 Å². The Labute approximate surface area is 172 Å². The van der Waals surface area contributed by atoms with Crippen LogP contribution in [0.1, 0.15) is 85.0 Å².